The molecule has 5 nitrogen and oxygen atoms in total. The molecule has 0 aromatic heterocycles. The van der Waals surface area contributed by atoms with Crippen molar-refractivity contribution in [1.82, 2.24) is 5.32 Å². The lowest BCUT2D eigenvalue weighted by Crippen LogP contribution is -2.22. The molecule has 118 valence electrons. The summed E-state index contributed by atoms with van der Waals surface area (Å²) in [4.78, 5) is 10.9. The van der Waals surface area contributed by atoms with Gasteiger partial charge in [-0.1, -0.05) is 26.8 Å². The van der Waals surface area contributed by atoms with Crippen LogP contribution < -0.4 is 20.5 Å². The van der Waals surface area contributed by atoms with Gasteiger partial charge in [0.15, 0.2) is 6.61 Å². The first kappa shape index (κ1) is 17.3. The van der Waals surface area contributed by atoms with E-state index >= 15 is 0 Å². The Morgan fingerprint density at radius 1 is 1.33 bits per heavy atom. The largest absolute Gasteiger partial charge is 0.493 e. The molecule has 0 saturated carbocycles. The standard InChI is InChI=1S/C16H26N2O3/c1-4-7-20-14-6-5-13(10-18-9-12(2)3)15(8-14)21-11-16(17)19/h5-6,8,12,18H,4,7,9-11H2,1-3H3,(H2,17,19). The van der Waals surface area contributed by atoms with Gasteiger partial charge in [0.05, 0.1) is 6.61 Å². The Kier molecular flexibility index (Phi) is 7.61. The van der Waals surface area contributed by atoms with Crippen LogP contribution in [0.25, 0.3) is 0 Å². The highest BCUT2D eigenvalue weighted by Crippen LogP contribution is 2.25. The van der Waals surface area contributed by atoms with Gasteiger partial charge in [-0.2, -0.15) is 0 Å². The fourth-order valence-corrected chi connectivity index (χ4v) is 1.77. The molecule has 0 saturated heterocycles. The highest BCUT2D eigenvalue weighted by molar-refractivity contribution is 5.75. The second-order valence-corrected chi connectivity index (χ2v) is 5.40. The summed E-state index contributed by atoms with van der Waals surface area (Å²) in [6.07, 6.45) is 0.940. The number of hydrogen-bond donors (Lipinski definition) is 2. The first-order chi connectivity index (χ1) is 10.0. The average molecular weight is 294 g/mol. The molecule has 1 aromatic carbocycles. The molecule has 0 radical (unpaired) electrons. The van der Waals surface area contributed by atoms with E-state index in [2.05, 4.69) is 26.1 Å². The average Bonchev–Trinajstić information content (AvgIpc) is 2.43. The summed E-state index contributed by atoms with van der Waals surface area (Å²) < 4.78 is 11.1. The smallest absolute Gasteiger partial charge is 0.255 e. The summed E-state index contributed by atoms with van der Waals surface area (Å²) in [5.41, 5.74) is 6.12. The monoisotopic (exact) mass is 294 g/mol. The number of rotatable bonds is 10. The number of benzene rings is 1. The van der Waals surface area contributed by atoms with E-state index in [4.69, 9.17) is 15.2 Å². The number of hydrogen-bond acceptors (Lipinski definition) is 4. The van der Waals surface area contributed by atoms with Gasteiger partial charge in [-0.25, -0.2) is 0 Å². The zero-order chi connectivity index (χ0) is 15.7. The van der Waals surface area contributed by atoms with Crippen molar-refractivity contribution in [3.63, 3.8) is 0 Å². The van der Waals surface area contributed by atoms with Crippen LogP contribution in [-0.4, -0.2) is 25.7 Å². The van der Waals surface area contributed by atoms with Gasteiger partial charge in [-0.3, -0.25) is 4.79 Å². The van der Waals surface area contributed by atoms with Crippen LogP contribution in [0.3, 0.4) is 0 Å². The van der Waals surface area contributed by atoms with E-state index in [0.717, 1.165) is 24.3 Å². The molecule has 0 heterocycles. The Morgan fingerprint density at radius 3 is 2.71 bits per heavy atom. The third-order valence-electron chi connectivity index (χ3n) is 2.75. The number of ether oxygens (including phenoxy) is 2. The first-order valence-corrected chi connectivity index (χ1v) is 7.40. The van der Waals surface area contributed by atoms with Crippen molar-refractivity contribution in [3.8, 4) is 11.5 Å². The Bertz CT molecular complexity index is 447. The molecule has 0 aliphatic heterocycles. The lowest BCUT2D eigenvalue weighted by atomic mass is 10.1. The van der Waals surface area contributed by atoms with Crippen molar-refractivity contribution in [2.75, 3.05) is 19.8 Å². The quantitative estimate of drug-likeness (QED) is 0.693. The number of carbonyl (C=O) groups excluding carboxylic acids is 1. The van der Waals surface area contributed by atoms with Gasteiger partial charge in [0.2, 0.25) is 0 Å². The highest BCUT2D eigenvalue weighted by Gasteiger charge is 2.08. The second-order valence-electron chi connectivity index (χ2n) is 5.40. The molecule has 5 heteroatoms. The third-order valence-corrected chi connectivity index (χ3v) is 2.75. The number of amides is 1. The number of nitrogens with two attached hydrogens (primary N) is 1. The van der Waals surface area contributed by atoms with Gasteiger partial charge >= 0.3 is 0 Å². The van der Waals surface area contributed by atoms with Crippen LogP contribution in [-0.2, 0) is 11.3 Å². The van der Waals surface area contributed by atoms with E-state index in [0.29, 0.717) is 24.8 Å². The van der Waals surface area contributed by atoms with Gasteiger partial charge in [0.25, 0.3) is 5.91 Å². The van der Waals surface area contributed by atoms with Crippen LogP contribution in [0.4, 0.5) is 0 Å². The van der Waals surface area contributed by atoms with Crippen LogP contribution in [0.5, 0.6) is 11.5 Å². The van der Waals surface area contributed by atoms with E-state index in [9.17, 15) is 4.79 Å². The predicted octanol–water partition coefficient (Wildman–Crippen LogP) is 2.09. The Hall–Kier alpha value is -1.75. The molecule has 0 unspecified atom stereocenters. The summed E-state index contributed by atoms with van der Waals surface area (Å²) in [5.74, 6) is 1.46. The highest BCUT2D eigenvalue weighted by atomic mass is 16.5. The maximum atomic E-state index is 10.9. The summed E-state index contributed by atoms with van der Waals surface area (Å²) in [6.45, 7) is 8.48. The molecule has 1 rings (SSSR count). The van der Waals surface area contributed by atoms with Gasteiger partial charge in [-0.05, 0) is 24.9 Å². The van der Waals surface area contributed by atoms with Crippen molar-refractivity contribution >= 4 is 5.91 Å². The molecule has 0 spiro atoms. The number of primary amides is 1. The molecule has 0 aliphatic carbocycles. The van der Waals surface area contributed by atoms with Crippen molar-refractivity contribution < 1.29 is 14.3 Å². The predicted molar refractivity (Wildman–Crippen MR) is 83.5 cm³/mol. The maximum Gasteiger partial charge on any atom is 0.255 e. The Morgan fingerprint density at radius 2 is 2.10 bits per heavy atom. The molecular formula is C16H26N2O3. The summed E-state index contributed by atoms with van der Waals surface area (Å²) in [6, 6.07) is 5.68. The molecular weight excluding hydrogens is 268 g/mol. The SMILES string of the molecule is CCCOc1ccc(CNCC(C)C)c(OCC(N)=O)c1. The molecule has 21 heavy (non-hydrogen) atoms. The van der Waals surface area contributed by atoms with Gasteiger partial charge in [-0.15, -0.1) is 0 Å². The summed E-state index contributed by atoms with van der Waals surface area (Å²) >= 11 is 0. The fourth-order valence-electron chi connectivity index (χ4n) is 1.77. The molecule has 1 amide bonds. The van der Waals surface area contributed by atoms with Crippen molar-refractivity contribution in [2.24, 2.45) is 11.7 Å². The number of carbonyl (C=O) groups is 1. The topological polar surface area (TPSA) is 73.6 Å². The zero-order valence-electron chi connectivity index (χ0n) is 13.1. The van der Waals surface area contributed by atoms with Crippen LogP contribution in [0.1, 0.15) is 32.8 Å². The maximum absolute atomic E-state index is 10.9. The van der Waals surface area contributed by atoms with Gasteiger partial charge in [0, 0.05) is 18.2 Å². The summed E-state index contributed by atoms with van der Waals surface area (Å²) in [7, 11) is 0. The van der Waals surface area contributed by atoms with Gasteiger partial charge < -0.3 is 20.5 Å². The third kappa shape index (κ3) is 6.99. The molecule has 0 aliphatic rings. The normalized spacial score (nSPS) is 10.7. The van der Waals surface area contributed by atoms with Crippen molar-refractivity contribution in [2.45, 2.75) is 33.7 Å². The lowest BCUT2D eigenvalue weighted by molar-refractivity contribution is -0.119. The fraction of sp³-hybridized carbons (Fsp3) is 0.562. The van der Waals surface area contributed by atoms with Gasteiger partial charge in [0.1, 0.15) is 11.5 Å². The minimum Gasteiger partial charge on any atom is -0.493 e. The molecule has 3 N–H and O–H groups in total. The minimum atomic E-state index is -0.490. The van der Waals surface area contributed by atoms with Crippen LogP contribution in [0.15, 0.2) is 18.2 Å². The van der Waals surface area contributed by atoms with Crippen molar-refractivity contribution in [3.05, 3.63) is 23.8 Å². The molecule has 1 aromatic rings. The van der Waals surface area contributed by atoms with Crippen LogP contribution >= 0.6 is 0 Å². The Labute approximate surface area is 126 Å². The molecule has 0 fully saturated rings. The van der Waals surface area contributed by atoms with E-state index in [1.165, 1.54) is 0 Å². The minimum absolute atomic E-state index is 0.131. The van der Waals surface area contributed by atoms with Crippen LogP contribution in [0, 0.1) is 5.92 Å². The Balaban J connectivity index is 2.75. The van der Waals surface area contributed by atoms with E-state index in [-0.39, 0.29) is 6.61 Å². The van der Waals surface area contributed by atoms with E-state index in [1.54, 1.807) is 0 Å². The van der Waals surface area contributed by atoms with Crippen LogP contribution in [0.2, 0.25) is 0 Å². The second kappa shape index (κ2) is 9.23. The summed E-state index contributed by atoms with van der Waals surface area (Å²) in [5, 5.41) is 3.35. The lowest BCUT2D eigenvalue weighted by Gasteiger charge is -2.14. The van der Waals surface area contributed by atoms with Crippen molar-refractivity contribution in [1.29, 1.82) is 0 Å². The molecule has 0 atom stereocenters. The zero-order valence-corrected chi connectivity index (χ0v) is 13.1. The number of nitrogens with one attached hydrogen (secondary N) is 1. The first-order valence-electron chi connectivity index (χ1n) is 7.40. The van der Waals surface area contributed by atoms with E-state index in [1.807, 2.05) is 18.2 Å². The van der Waals surface area contributed by atoms with E-state index < -0.39 is 5.91 Å². The molecule has 0 bridgehead atoms.